The largest absolute Gasteiger partial charge is 0.493 e. The Balaban J connectivity index is 0.00000676. The second-order valence-corrected chi connectivity index (χ2v) is 6.55. The van der Waals surface area contributed by atoms with E-state index >= 15 is 0 Å². The van der Waals surface area contributed by atoms with Gasteiger partial charge >= 0.3 is 0 Å². The summed E-state index contributed by atoms with van der Waals surface area (Å²) in [5.74, 6) is 1.63. The first-order chi connectivity index (χ1) is 12.5. The summed E-state index contributed by atoms with van der Waals surface area (Å²) in [5.41, 5.74) is 2.23. The molecule has 0 aliphatic heterocycles. The summed E-state index contributed by atoms with van der Waals surface area (Å²) in [6.07, 6.45) is 1.39. The van der Waals surface area contributed by atoms with Gasteiger partial charge < -0.3 is 20.7 Å². The number of hydrogen-bond donors (Lipinski definition) is 3. The van der Waals surface area contributed by atoms with Gasteiger partial charge in [0.15, 0.2) is 5.96 Å². The molecule has 0 aromatic heterocycles. The molecule has 0 atom stereocenters. The molecule has 6 nitrogen and oxygen atoms in total. The molecule has 1 rings (SSSR count). The number of nitrogens with zero attached hydrogens (tertiary/aromatic N) is 1. The molecule has 1 aromatic rings. The highest BCUT2D eigenvalue weighted by molar-refractivity contribution is 14.0. The zero-order valence-electron chi connectivity index (χ0n) is 17.2. The van der Waals surface area contributed by atoms with Crippen molar-refractivity contribution in [2.45, 2.75) is 60.0 Å². The van der Waals surface area contributed by atoms with Crippen LogP contribution in [-0.4, -0.2) is 37.6 Å². The van der Waals surface area contributed by atoms with Crippen molar-refractivity contribution in [2.75, 3.05) is 19.7 Å². The van der Waals surface area contributed by atoms with Crippen LogP contribution >= 0.6 is 24.0 Å². The summed E-state index contributed by atoms with van der Waals surface area (Å²) < 4.78 is 5.85. The molecule has 0 unspecified atom stereocenters. The van der Waals surface area contributed by atoms with Gasteiger partial charge in [-0.05, 0) is 45.7 Å². The summed E-state index contributed by atoms with van der Waals surface area (Å²) >= 11 is 0. The molecule has 0 fully saturated rings. The number of rotatable bonds is 10. The Morgan fingerprint density at radius 2 is 1.96 bits per heavy atom. The molecule has 154 valence electrons. The van der Waals surface area contributed by atoms with Gasteiger partial charge in [-0.3, -0.25) is 4.79 Å². The predicted octanol–water partition coefficient (Wildman–Crippen LogP) is 3.37. The number of amides is 1. The quantitative estimate of drug-likeness (QED) is 0.267. The van der Waals surface area contributed by atoms with Gasteiger partial charge in [0.2, 0.25) is 5.91 Å². The van der Waals surface area contributed by atoms with Crippen molar-refractivity contribution in [1.29, 1.82) is 0 Å². The minimum absolute atomic E-state index is 0. The Labute approximate surface area is 181 Å². The molecule has 0 bridgehead atoms. The summed E-state index contributed by atoms with van der Waals surface area (Å²) in [5, 5.41) is 9.30. The van der Waals surface area contributed by atoms with E-state index in [2.05, 4.69) is 53.0 Å². The van der Waals surface area contributed by atoms with Crippen LogP contribution in [0.25, 0.3) is 0 Å². The SMILES string of the molecule is CCCOc1cc(C)ccc1CN=C(NCC)NCCC(=O)NC(C)C.I. The summed E-state index contributed by atoms with van der Waals surface area (Å²) in [6, 6.07) is 6.34. The van der Waals surface area contributed by atoms with Gasteiger partial charge in [0.05, 0.1) is 13.2 Å². The maximum Gasteiger partial charge on any atom is 0.221 e. The number of carbonyl (C=O) groups is 1. The highest BCUT2D eigenvalue weighted by Crippen LogP contribution is 2.21. The molecular weight excluding hydrogens is 455 g/mol. The van der Waals surface area contributed by atoms with E-state index < -0.39 is 0 Å². The van der Waals surface area contributed by atoms with Crippen LogP contribution in [0, 0.1) is 6.92 Å². The number of benzene rings is 1. The Morgan fingerprint density at radius 1 is 1.22 bits per heavy atom. The highest BCUT2D eigenvalue weighted by Gasteiger charge is 2.06. The number of aliphatic imine (C=N–C) groups is 1. The van der Waals surface area contributed by atoms with Crippen molar-refractivity contribution < 1.29 is 9.53 Å². The van der Waals surface area contributed by atoms with Crippen LogP contribution in [0.5, 0.6) is 5.75 Å². The molecule has 1 aromatic carbocycles. The lowest BCUT2D eigenvalue weighted by molar-refractivity contribution is -0.121. The molecular formula is C20H35IN4O2. The van der Waals surface area contributed by atoms with Gasteiger partial charge in [0.25, 0.3) is 0 Å². The standard InChI is InChI=1S/C20H34N4O2.HI/c1-6-12-26-18-13-16(5)8-9-17(18)14-23-20(21-7-2)22-11-10-19(25)24-15(3)4;/h8-9,13,15H,6-7,10-12,14H2,1-5H3,(H,24,25)(H2,21,22,23);1H. The van der Waals surface area contributed by atoms with Crippen molar-refractivity contribution in [3.05, 3.63) is 29.3 Å². The zero-order valence-corrected chi connectivity index (χ0v) is 19.6. The summed E-state index contributed by atoms with van der Waals surface area (Å²) in [4.78, 5) is 16.3. The predicted molar refractivity (Wildman–Crippen MR) is 123 cm³/mol. The molecule has 0 radical (unpaired) electrons. The lowest BCUT2D eigenvalue weighted by Gasteiger charge is -2.14. The van der Waals surface area contributed by atoms with E-state index in [-0.39, 0.29) is 35.9 Å². The molecule has 0 aliphatic carbocycles. The molecule has 0 spiro atoms. The first-order valence-corrected chi connectivity index (χ1v) is 9.50. The number of guanidine groups is 1. The van der Waals surface area contributed by atoms with E-state index in [0.717, 1.165) is 24.3 Å². The topological polar surface area (TPSA) is 74.8 Å². The summed E-state index contributed by atoms with van der Waals surface area (Å²) in [7, 11) is 0. The second-order valence-electron chi connectivity index (χ2n) is 6.55. The number of hydrogen-bond acceptors (Lipinski definition) is 3. The molecule has 0 aliphatic rings. The van der Waals surface area contributed by atoms with E-state index in [1.807, 2.05) is 20.8 Å². The van der Waals surface area contributed by atoms with E-state index in [4.69, 9.17) is 4.74 Å². The van der Waals surface area contributed by atoms with Gasteiger partial charge in [-0.2, -0.15) is 0 Å². The average molecular weight is 490 g/mol. The van der Waals surface area contributed by atoms with Crippen LogP contribution in [0.4, 0.5) is 0 Å². The van der Waals surface area contributed by atoms with Crippen LogP contribution < -0.4 is 20.7 Å². The number of ether oxygens (including phenoxy) is 1. The van der Waals surface area contributed by atoms with Crippen molar-refractivity contribution in [1.82, 2.24) is 16.0 Å². The minimum atomic E-state index is 0. The van der Waals surface area contributed by atoms with Gasteiger partial charge in [-0.25, -0.2) is 4.99 Å². The fourth-order valence-corrected chi connectivity index (χ4v) is 2.33. The number of aryl methyl sites for hydroxylation is 1. The molecule has 3 N–H and O–H groups in total. The number of halogens is 1. The molecule has 1 amide bonds. The van der Waals surface area contributed by atoms with Crippen molar-refractivity contribution in [3.63, 3.8) is 0 Å². The molecule has 0 saturated carbocycles. The maximum absolute atomic E-state index is 11.7. The van der Waals surface area contributed by atoms with Crippen LogP contribution in [0.1, 0.15) is 51.7 Å². The van der Waals surface area contributed by atoms with Crippen molar-refractivity contribution >= 4 is 35.8 Å². The van der Waals surface area contributed by atoms with Gasteiger partial charge in [0.1, 0.15) is 5.75 Å². The van der Waals surface area contributed by atoms with Crippen molar-refractivity contribution in [2.24, 2.45) is 4.99 Å². The molecule has 7 heteroatoms. The van der Waals surface area contributed by atoms with Gasteiger partial charge in [0, 0.05) is 31.1 Å². The molecule has 27 heavy (non-hydrogen) atoms. The third-order valence-corrected chi connectivity index (χ3v) is 3.53. The van der Waals surface area contributed by atoms with Crippen LogP contribution in [-0.2, 0) is 11.3 Å². The van der Waals surface area contributed by atoms with Crippen molar-refractivity contribution in [3.8, 4) is 5.75 Å². The smallest absolute Gasteiger partial charge is 0.221 e. The zero-order chi connectivity index (χ0) is 19.4. The Kier molecular flexibility index (Phi) is 13.7. The van der Waals surface area contributed by atoms with Crippen LogP contribution in [0.2, 0.25) is 0 Å². The number of nitrogens with one attached hydrogen (secondary N) is 3. The lowest BCUT2D eigenvalue weighted by Crippen LogP contribution is -2.40. The Morgan fingerprint density at radius 3 is 2.59 bits per heavy atom. The van der Waals surface area contributed by atoms with Gasteiger partial charge in [-0.15, -0.1) is 24.0 Å². The second kappa shape index (κ2) is 14.5. The molecule has 0 heterocycles. The first-order valence-electron chi connectivity index (χ1n) is 9.50. The van der Waals surface area contributed by atoms with E-state index in [9.17, 15) is 4.79 Å². The fraction of sp³-hybridized carbons (Fsp3) is 0.600. The first kappa shape index (κ1) is 25.5. The normalized spacial score (nSPS) is 11.0. The maximum atomic E-state index is 11.7. The average Bonchev–Trinajstić information content (AvgIpc) is 2.58. The van der Waals surface area contributed by atoms with Gasteiger partial charge in [-0.1, -0.05) is 19.1 Å². The van der Waals surface area contributed by atoms with E-state index in [1.165, 1.54) is 5.56 Å². The number of carbonyl (C=O) groups excluding carboxylic acids is 1. The van der Waals surface area contributed by atoms with E-state index in [0.29, 0.717) is 32.1 Å². The molecule has 0 saturated heterocycles. The van der Waals surface area contributed by atoms with Crippen LogP contribution in [0.15, 0.2) is 23.2 Å². The Hall–Kier alpha value is -1.51. The van der Waals surface area contributed by atoms with Crippen LogP contribution in [0.3, 0.4) is 0 Å². The third kappa shape index (κ3) is 11.0. The third-order valence-electron chi connectivity index (χ3n) is 3.53. The highest BCUT2D eigenvalue weighted by atomic mass is 127. The lowest BCUT2D eigenvalue weighted by atomic mass is 10.1. The van der Waals surface area contributed by atoms with E-state index in [1.54, 1.807) is 0 Å². The Bertz CT molecular complexity index is 591. The minimum Gasteiger partial charge on any atom is -0.493 e. The monoisotopic (exact) mass is 490 g/mol. The summed E-state index contributed by atoms with van der Waals surface area (Å²) in [6.45, 7) is 12.6. The fourth-order valence-electron chi connectivity index (χ4n) is 2.33.